The van der Waals surface area contributed by atoms with Crippen LogP contribution in [0.3, 0.4) is 0 Å². The van der Waals surface area contributed by atoms with Gasteiger partial charge in [0, 0.05) is 11.4 Å². The summed E-state index contributed by atoms with van der Waals surface area (Å²) in [6, 6.07) is 9.75. The van der Waals surface area contributed by atoms with Crippen LogP contribution in [0.25, 0.3) is 0 Å². The molecule has 1 saturated heterocycles. The first-order valence-corrected chi connectivity index (χ1v) is 8.96. The molecule has 1 aliphatic heterocycles. The Morgan fingerprint density at radius 3 is 2.57 bits per heavy atom. The highest BCUT2D eigenvalue weighted by atomic mass is 35.5. The minimum atomic E-state index is -0.863. The molecule has 0 N–H and O–H groups in total. The van der Waals surface area contributed by atoms with E-state index in [9.17, 15) is 14.0 Å². The zero-order valence-electron chi connectivity index (χ0n) is 15.4. The monoisotopic (exact) mass is 407 g/mol. The lowest BCUT2D eigenvalue weighted by Crippen LogP contribution is -2.41. The van der Waals surface area contributed by atoms with E-state index in [-0.39, 0.29) is 24.3 Å². The van der Waals surface area contributed by atoms with Crippen molar-refractivity contribution < 1.29 is 28.2 Å². The highest BCUT2D eigenvalue weighted by molar-refractivity contribution is 6.31. The van der Waals surface area contributed by atoms with Crippen LogP contribution in [0.4, 0.5) is 4.39 Å². The summed E-state index contributed by atoms with van der Waals surface area (Å²) in [5.41, 5.74) is 0.218. The fourth-order valence-electron chi connectivity index (χ4n) is 3.19. The summed E-state index contributed by atoms with van der Waals surface area (Å²) in [5, 5.41) is 0.358. The molecular weight excluding hydrogens is 389 g/mol. The number of halogens is 2. The van der Waals surface area contributed by atoms with Crippen LogP contribution >= 0.6 is 11.6 Å². The van der Waals surface area contributed by atoms with Crippen molar-refractivity contribution in [2.75, 3.05) is 20.8 Å². The molecule has 1 fully saturated rings. The zero-order chi connectivity index (χ0) is 20.3. The summed E-state index contributed by atoms with van der Waals surface area (Å²) in [7, 11) is 2.68. The normalized spacial score (nSPS) is 18.6. The molecule has 2 atom stereocenters. The van der Waals surface area contributed by atoms with Gasteiger partial charge < -0.3 is 19.1 Å². The van der Waals surface area contributed by atoms with Crippen molar-refractivity contribution in [1.82, 2.24) is 4.90 Å². The number of amides is 1. The Hall–Kier alpha value is -2.80. The SMILES string of the molecule is COC(=O)[C@@H]1C[C@@H](Oc2ccccc2F)CN1C(=O)c1cc(Cl)ccc1OC. The number of carbonyl (C=O) groups excluding carboxylic acids is 2. The van der Waals surface area contributed by atoms with Gasteiger partial charge in [-0.15, -0.1) is 0 Å². The largest absolute Gasteiger partial charge is 0.496 e. The Morgan fingerprint density at radius 1 is 1.14 bits per heavy atom. The number of ether oxygens (including phenoxy) is 3. The van der Waals surface area contributed by atoms with Crippen molar-refractivity contribution in [3.05, 3.63) is 58.9 Å². The van der Waals surface area contributed by atoms with E-state index in [2.05, 4.69) is 0 Å². The topological polar surface area (TPSA) is 65.1 Å². The Bertz CT molecular complexity index is 891. The van der Waals surface area contributed by atoms with Gasteiger partial charge in [-0.05, 0) is 30.3 Å². The molecule has 2 aromatic carbocycles. The Morgan fingerprint density at radius 2 is 1.89 bits per heavy atom. The average Bonchev–Trinajstić information content (AvgIpc) is 3.12. The van der Waals surface area contributed by atoms with Gasteiger partial charge in [0.05, 0.1) is 26.3 Å². The van der Waals surface area contributed by atoms with Crippen LogP contribution < -0.4 is 9.47 Å². The number of esters is 1. The zero-order valence-corrected chi connectivity index (χ0v) is 16.1. The molecule has 28 heavy (non-hydrogen) atoms. The molecule has 0 saturated carbocycles. The third-order valence-corrected chi connectivity index (χ3v) is 4.75. The Kier molecular flexibility index (Phi) is 6.04. The molecular formula is C20H19ClFNO5. The number of benzene rings is 2. The summed E-state index contributed by atoms with van der Waals surface area (Å²) in [6.45, 7) is 0.0859. The first-order valence-electron chi connectivity index (χ1n) is 8.58. The molecule has 0 aliphatic carbocycles. The lowest BCUT2D eigenvalue weighted by molar-refractivity contribution is -0.145. The van der Waals surface area contributed by atoms with Gasteiger partial charge in [0.1, 0.15) is 17.9 Å². The number of methoxy groups -OCH3 is 2. The van der Waals surface area contributed by atoms with E-state index in [0.717, 1.165) is 0 Å². The standard InChI is InChI=1S/C20H19ClFNO5/c1-26-17-8-7-12(21)9-14(17)19(24)23-11-13(10-16(23)20(25)27-2)28-18-6-4-3-5-15(18)22/h3-9,13,16H,10-11H2,1-2H3/t13-,16+/m1/s1. The van der Waals surface area contributed by atoms with E-state index in [1.807, 2.05) is 0 Å². The van der Waals surface area contributed by atoms with Gasteiger partial charge in [0.2, 0.25) is 0 Å². The van der Waals surface area contributed by atoms with Gasteiger partial charge in [-0.25, -0.2) is 9.18 Å². The van der Waals surface area contributed by atoms with E-state index in [0.29, 0.717) is 10.8 Å². The molecule has 0 radical (unpaired) electrons. The minimum Gasteiger partial charge on any atom is -0.496 e. The predicted octanol–water partition coefficient (Wildman–Crippen LogP) is 3.32. The maximum absolute atomic E-state index is 13.9. The number of nitrogens with zero attached hydrogens (tertiary/aromatic N) is 1. The Balaban J connectivity index is 1.87. The lowest BCUT2D eigenvalue weighted by Gasteiger charge is -2.23. The fourth-order valence-corrected chi connectivity index (χ4v) is 3.36. The van der Waals surface area contributed by atoms with Crippen LogP contribution in [0.5, 0.6) is 11.5 Å². The molecule has 8 heteroatoms. The summed E-state index contributed by atoms with van der Waals surface area (Å²) >= 11 is 6.02. The summed E-state index contributed by atoms with van der Waals surface area (Å²) < 4.78 is 29.7. The first kappa shape index (κ1) is 19.9. The summed E-state index contributed by atoms with van der Waals surface area (Å²) in [5.74, 6) is -1.15. The summed E-state index contributed by atoms with van der Waals surface area (Å²) in [4.78, 5) is 26.7. The summed E-state index contributed by atoms with van der Waals surface area (Å²) in [6.07, 6.45) is -0.398. The Labute approximate surface area is 166 Å². The van der Waals surface area contributed by atoms with Crippen LogP contribution in [0.2, 0.25) is 5.02 Å². The third kappa shape index (κ3) is 4.04. The fraction of sp³-hybridized carbons (Fsp3) is 0.300. The van der Waals surface area contributed by atoms with E-state index in [4.69, 9.17) is 25.8 Å². The van der Waals surface area contributed by atoms with Crippen molar-refractivity contribution in [2.45, 2.75) is 18.6 Å². The van der Waals surface area contributed by atoms with Gasteiger partial charge in [-0.1, -0.05) is 23.7 Å². The van der Waals surface area contributed by atoms with Crippen LogP contribution in [0.15, 0.2) is 42.5 Å². The van der Waals surface area contributed by atoms with E-state index < -0.39 is 29.8 Å². The number of carbonyl (C=O) groups is 2. The maximum atomic E-state index is 13.9. The smallest absolute Gasteiger partial charge is 0.328 e. The van der Waals surface area contributed by atoms with Crippen molar-refractivity contribution in [3.63, 3.8) is 0 Å². The van der Waals surface area contributed by atoms with Crippen molar-refractivity contribution >= 4 is 23.5 Å². The van der Waals surface area contributed by atoms with Crippen LogP contribution in [-0.4, -0.2) is 49.7 Å². The highest BCUT2D eigenvalue weighted by Crippen LogP contribution is 2.30. The van der Waals surface area contributed by atoms with Crippen molar-refractivity contribution in [3.8, 4) is 11.5 Å². The van der Waals surface area contributed by atoms with Gasteiger partial charge in [-0.2, -0.15) is 0 Å². The molecule has 1 aliphatic rings. The van der Waals surface area contributed by atoms with E-state index >= 15 is 0 Å². The van der Waals surface area contributed by atoms with Gasteiger partial charge >= 0.3 is 5.97 Å². The molecule has 1 amide bonds. The molecule has 3 rings (SSSR count). The first-order chi connectivity index (χ1) is 13.4. The lowest BCUT2D eigenvalue weighted by atomic mass is 10.1. The predicted molar refractivity (Wildman–Crippen MR) is 100 cm³/mol. The van der Waals surface area contributed by atoms with Crippen molar-refractivity contribution in [2.24, 2.45) is 0 Å². The van der Waals surface area contributed by atoms with Crippen LogP contribution in [0.1, 0.15) is 16.8 Å². The molecule has 2 aromatic rings. The number of hydrogen-bond donors (Lipinski definition) is 0. The van der Waals surface area contributed by atoms with E-state index in [1.165, 1.54) is 37.3 Å². The average molecular weight is 408 g/mol. The molecule has 148 valence electrons. The second-order valence-corrected chi connectivity index (χ2v) is 6.68. The van der Waals surface area contributed by atoms with E-state index in [1.54, 1.807) is 24.3 Å². The number of hydrogen-bond acceptors (Lipinski definition) is 5. The van der Waals surface area contributed by atoms with Crippen LogP contribution in [0, 0.1) is 5.82 Å². The molecule has 6 nitrogen and oxygen atoms in total. The minimum absolute atomic E-state index is 0.0609. The molecule has 0 aromatic heterocycles. The molecule has 0 unspecified atom stereocenters. The quantitative estimate of drug-likeness (QED) is 0.711. The number of rotatable bonds is 5. The van der Waals surface area contributed by atoms with Gasteiger partial charge in [0.25, 0.3) is 5.91 Å². The van der Waals surface area contributed by atoms with Gasteiger partial charge in [0.15, 0.2) is 11.6 Å². The van der Waals surface area contributed by atoms with Crippen molar-refractivity contribution in [1.29, 1.82) is 0 Å². The number of para-hydroxylation sites is 1. The number of likely N-dealkylation sites (tertiary alicyclic amines) is 1. The second-order valence-electron chi connectivity index (χ2n) is 6.25. The highest BCUT2D eigenvalue weighted by Gasteiger charge is 2.42. The third-order valence-electron chi connectivity index (χ3n) is 4.52. The second kappa shape index (κ2) is 8.48. The molecule has 0 bridgehead atoms. The van der Waals surface area contributed by atoms with Gasteiger partial charge in [-0.3, -0.25) is 4.79 Å². The van der Waals surface area contributed by atoms with Crippen LogP contribution in [-0.2, 0) is 9.53 Å². The molecule has 1 heterocycles. The molecule has 0 spiro atoms. The maximum Gasteiger partial charge on any atom is 0.328 e.